The average Bonchev–Trinajstić information content (AvgIpc) is 2.61. The lowest BCUT2D eigenvalue weighted by atomic mass is 9.99. The molecule has 0 amide bonds. The van der Waals surface area contributed by atoms with Gasteiger partial charge in [0.25, 0.3) is 0 Å². The molecule has 0 radical (unpaired) electrons. The largest absolute Gasteiger partial charge is 0.344 e. The normalized spacial score (nSPS) is 19.2. The number of nitrogens with zero attached hydrogens (tertiary/aromatic N) is 2. The molecule has 15 heavy (non-hydrogen) atoms. The van der Waals surface area contributed by atoms with Crippen LogP contribution in [-0.2, 0) is 6.42 Å². The van der Waals surface area contributed by atoms with Crippen LogP contribution in [0.3, 0.4) is 0 Å². The molecule has 0 unspecified atom stereocenters. The van der Waals surface area contributed by atoms with Gasteiger partial charge in [-0.05, 0) is 44.2 Å². The van der Waals surface area contributed by atoms with E-state index in [4.69, 9.17) is 0 Å². The first-order chi connectivity index (χ1) is 7.27. The summed E-state index contributed by atoms with van der Waals surface area (Å²) in [4.78, 5) is 6.79. The third kappa shape index (κ3) is 1.21. The van der Waals surface area contributed by atoms with E-state index in [0.29, 0.717) is 0 Å². The van der Waals surface area contributed by atoms with E-state index in [2.05, 4.69) is 23.7 Å². The summed E-state index contributed by atoms with van der Waals surface area (Å²) >= 11 is 0. The highest BCUT2D eigenvalue weighted by Crippen LogP contribution is 2.39. The zero-order valence-electron chi connectivity index (χ0n) is 9.38. The molecule has 3 heterocycles. The number of aromatic nitrogens is 1. The van der Waals surface area contributed by atoms with E-state index in [-0.39, 0.29) is 0 Å². The fourth-order valence-electron chi connectivity index (χ4n) is 2.82. The summed E-state index contributed by atoms with van der Waals surface area (Å²) in [6, 6.07) is 0. The molecule has 0 bridgehead atoms. The fraction of sp³-hybridized carbons (Fsp3) is 0.462. The molecule has 2 aliphatic heterocycles. The second kappa shape index (κ2) is 3.09. The standard InChI is InChI=1S/C13H16N2/c1-9-5-6-15-12(9)4-3-11-8-14-7-10(2)13(11)15/h7-8H,3-6H2,1-2H3. The molecule has 78 valence electrons. The molecule has 2 nitrogen and oxygen atoms in total. The number of rotatable bonds is 0. The van der Waals surface area contributed by atoms with Crippen molar-refractivity contribution in [1.82, 2.24) is 4.98 Å². The van der Waals surface area contributed by atoms with Gasteiger partial charge < -0.3 is 4.90 Å². The van der Waals surface area contributed by atoms with Gasteiger partial charge in [-0.2, -0.15) is 0 Å². The minimum atomic E-state index is 1.16. The van der Waals surface area contributed by atoms with Gasteiger partial charge in [-0.3, -0.25) is 4.98 Å². The molecule has 0 saturated carbocycles. The van der Waals surface area contributed by atoms with E-state index in [1.807, 2.05) is 12.4 Å². The predicted molar refractivity (Wildman–Crippen MR) is 62.0 cm³/mol. The van der Waals surface area contributed by atoms with Gasteiger partial charge in [-0.25, -0.2) is 0 Å². The van der Waals surface area contributed by atoms with Crippen molar-refractivity contribution < 1.29 is 0 Å². The average molecular weight is 200 g/mol. The van der Waals surface area contributed by atoms with Gasteiger partial charge >= 0.3 is 0 Å². The zero-order chi connectivity index (χ0) is 10.4. The van der Waals surface area contributed by atoms with E-state index in [0.717, 1.165) is 6.42 Å². The topological polar surface area (TPSA) is 16.1 Å². The molecule has 0 saturated heterocycles. The van der Waals surface area contributed by atoms with Crippen LogP contribution in [0.2, 0.25) is 0 Å². The van der Waals surface area contributed by atoms with Gasteiger partial charge in [0.2, 0.25) is 0 Å². The summed E-state index contributed by atoms with van der Waals surface area (Å²) in [6.07, 6.45) is 7.61. The van der Waals surface area contributed by atoms with E-state index in [1.165, 1.54) is 36.2 Å². The van der Waals surface area contributed by atoms with Crippen LogP contribution in [0.1, 0.15) is 30.9 Å². The lowest BCUT2D eigenvalue weighted by Crippen LogP contribution is -2.25. The van der Waals surface area contributed by atoms with Crippen molar-refractivity contribution in [1.29, 1.82) is 0 Å². The van der Waals surface area contributed by atoms with Gasteiger partial charge in [0, 0.05) is 24.6 Å². The van der Waals surface area contributed by atoms with Crippen molar-refractivity contribution in [2.24, 2.45) is 0 Å². The lowest BCUT2D eigenvalue weighted by Gasteiger charge is -2.31. The molecule has 2 aliphatic rings. The summed E-state index contributed by atoms with van der Waals surface area (Å²) in [5, 5.41) is 0. The number of anilines is 1. The highest BCUT2D eigenvalue weighted by atomic mass is 15.2. The van der Waals surface area contributed by atoms with Gasteiger partial charge in [0.05, 0.1) is 5.69 Å². The number of hydrogen-bond donors (Lipinski definition) is 0. The minimum Gasteiger partial charge on any atom is -0.344 e. The second-order valence-electron chi connectivity index (χ2n) is 4.59. The molecule has 1 aromatic rings. The van der Waals surface area contributed by atoms with Gasteiger partial charge in [-0.15, -0.1) is 0 Å². The Bertz CT molecular complexity index is 446. The SMILES string of the molecule is CC1=C2CCc3cncc(C)c3N2CC1. The van der Waals surface area contributed by atoms with Gasteiger partial charge in [0.15, 0.2) is 0 Å². The van der Waals surface area contributed by atoms with Crippen LogP contribution in [-0.4, -0.2) is 11.5 Å². The maximum absolute atomic E-state index is 4.29. The molecule has 2 heteroatoms. The van der Waals surface area contributed by atoms with Crippen molar-refractivity contribution in [2.75, 3.05) is 11.4 Å². The summed E-state index contributed by atoms with van der Waals surface area (Å²) in [5.41, 5.74) is 7.32. The van der Waals surface area contributed by atoms with Crippen LogP contribution >= 0.6 is 0 Å². The first-order valence-electron chi connectivity index (χ1n) is 5.67. The van der Waals surface area contributed by atoms with E-state index in [9.17, 15) is 0 Å². The predicted octanol–water partition coefficient (Wildman–Crippen LogP) is 2.82. The highest BCUT2D eigenvalue weighted by Gasteiger charge is 2.28. The first kappa shape index (κ1) is 8.96. The smallest absolute Gasteiger partial charge is 0.0501 e. The number of pyridine rings is 1. The summed E-state index contributed by atoms with van der Waals surface area (Å²) < 4.78 is 0. The van der Waals surface area contributed by atoms with Crippen molar-refractivity contribution in [3.63, 3.8) is 0 Å². The van der Waals surface area contributed by atoms with Crippen LogP contribution in [0.4, 0.5) is 5.69 Å². The minimum absolute atomic E-state index is 1.16. The molecular formula is C13H16N2. The van der Waals surface area contributed by atoms with Crippen LogP contribution in [0.5, 0.6) is 0 Å². The van der Waals surface area contributed by atoms with Crippen LogP contribution < -0.4 is 4.90 Å². The third-order valence-electron chi connectivity index (χ3n) is 3.61. The van der Waals surface area contributed by atoms with Gasteiger partial charge in [-0.1, -0.05) is 5.57 Å². The van der Waals surface area contributed by atoms with Crippen molar-refractivity contribution >= 4 is 5.69 Å². The third-order valence-corrected chi connectivity index (χ3v) is 3.61. The lowest BCUT2D eigenvalue weighted by molar-refractivity contribution is 0.811. The Hall–Kier alpha value is -1.31. The summed E-state index contributed by atoms with van der Waals surface area (Å²) in [5.74, 6) is 0. The summed E-state index contributed by atoms with van der Waals surface area (Å²) in [6.45, 7) is 5.61. The Balaban J connectivity index is 2.17. The fourth-order valence-corrected chi connectivity index (χ4v) is 2.82. The Morgan fingerprint density at radius 1 is 1.13 bits per heavy atom. The van der Waals surface area contributed by atoms with Gasteiger partial charge in [0.1, 0.15) is 0 Å². The number of hydrogen-bond acceptors (Lipinski definition) is 2. The van der Waals surface area contributed by atoms with E-state index >= 15 is 0 Å². The highest BCUT2D eigenvalue weighted by molar-refractivity contribution is 5.66. The monoisotopic (exact) mass is 200 g/mol. The molecule has 0 spiro atoms. The maximum atomic E-state index is 4.29. The molecule has 0 aromatic carbocycles. The number of allylic oxidation sites excluding steroid dienone is 1. The molecule has 0 fully saturated rings. The maximum Gasteiger partial charge on any atom is 0.0501 e. The van der Waals surface area contributed by atoms with Crippen molar-refractivity contribution in [2.45, 2.75) is 33.1 Å². The number of fused-ring (bicyclic) bond motifs is 3. The molecule has 0 N–H and O–H groups in total. The van der Waals surface area contributed by atoms with Crippen molar-refractivity contribution in [3.8, 4) is 0 Å². The second-order valence-corrected chi connectivity index (χ2v) is 4.59. The van der Waals surface area contributed by atoms with Crippen LogP contribution in [0.15, 0.2) is 23.7 Å². The summed E-state index contributed by atoms with van der Waals surface area (Å²) in [7, 11) is 0. The molecular weight excluding hydrogens is 184 g/mol. The number of aryl methyl sites for hydroxylation is 2. The first-order valence-corrected chi connectivity index (χ1v) is 5.67. The quantitative estimate of drug-likeness (QED) is 0.640. The molecule has 1 aromatic heterocycles. The van der Waals surface area contributed by atoms with E-state index < -0.39 is 0 Å². The Morgan fingerprint density at radius 3 is 2.87 bits per heavy atom. The van der Waals surface area contributed by atoms with Crippen molar-refractivity contribution in [3.05, 3.63) is 34.8 Å². The Labute approximate surface area is 90.6 Å². The Kier molecular flexibility index (Phi) is 1.84. The Morgan fingerprint density at radius 2 is 2.00 bits per heavy atom. The molecule has 0 aliphatic carbocycles. The van der Waals surface area contributed by atoms with Crippen LogP contribution in [0, 0.1) is 6.92 Å². The molecule has 3 rings (SSSR count). The molecule has 0 atom stereocenters. The zero-order valence-corrected chi connectivity index (χ0v) is 9.38. The van der Waals surface area contributed by atoms with E-state index in [1.54, 1.807) is 11.3 Å². The van der Waals surface area contributed by atoms with Crippen LogP contribution in [0.25, 0.3) is 0 Å².